The van der Waals surface area contributed by atoms with E-state index in [0.29, 0.717) is 28.9 Å². The van der Waals surface area contributed by atoms with E-state index in [9.17, 15) is 18.0 Å². The Morgan fingerprint density at radius 1 is 1.19 bits per heavy atom. The van der Waals surface area contributed by atoms with Gasteiger partial charge in [-0.25, -0.2) is 13.8 Å². The zero-order valence-electron chi connectivity index (χ0n) is 15.0. The fourth-order valence-electron chi connectivity index (χ4n) is 3.78. The number of hydrogen-bond donors (Lipinski definition) is 1. The van der Waals surface area contributed by atoms with Crippen molar-refractivity contribution in [3.05, 3.63) is 59.2 Å². The lowest BCUT2D eigenvalue weighted by Gasteiger charge is -2.41. The maximum atomic E-state index is 13.8. The van der Waals surface area contributed by atoms with Gasteiger partial charge in [0.05, 0.1) is 7.11 Å². The second-order valence-electron chi connectivity index (χ2n) is 7.07. The number of aromatic nitrogens is 1. The van der Waals surface area contributed by atoms with Crippen molar-refractivity contribution in [1.29, 1.82) is 0 Å². The second kappa shape index (κ2) is 7.21. The smallest absolute Gasteiger partial charge is 0.249 e. The minimum atomic E-state index is -2.72. The van der Waals surface area contributed by atoms with Gasteiger partial charge in [0.2, 0.25) is 17.8 Å². The quantitative estimate of drug-likeness (QED) is 0.800. The summed E-state index contributed by atoms with van der Waals surface area (Å²) in [6.45, 7) is 0. The van der Waals surface area contributed by atoms with Crippen LogP contribution in [-0.2, 0) is 11.8 Å². The van der Waals surface area contributed by atoms with Crippen molar-refractivity contribution in [3.63, 3.8) is 0 Å². The number of nitrogens with zero attached hydrogens (tertiary/aromatic N) is 1. The molecule has 0 unspecified atom stereocenters. The molecule has 1 heterocycles. The van der Waals surface area contributed by atoms with Crippen molar-refractivity contribution in [2.75, 3.05) is 7.11 Å². The van der Waals surface area contributed by atoms with Gasteiger partial charge < -0.3 is 10.5 Å². The van der Waals surface area contributed by atoms with E-state index < -0.39 is 23.2 Å². The number of methoxy groups -OCH3 is 1. The van der Waals surface area contributed by atoms with Crippen molar-refractivity contribution in [2.24, 2.45) is 5.73 Å². The van der Waals surface area contributed by atoms with E-state index in [1.807, 2.05) is 0 Å². The number of benzene rings is 1. The van der Waals surface area contributed by atoms with Gasteiger partial charge in [0.25, 0.3) is 0 Å². The predicted octanol–water partition coefficient (Wildman–Crippen LogP) is 4.02. The van der Waals surface area contributed by atoms with E-state index >= 15 is 0 Å². The lowest BCUT2D eigenvalue weighted by Crippen LogP contribution is -2.39. The summed E-state index contributed by atoms with van der Waals surface area (Å²) in [4.78, 5) is 15.6. The monoisotopic (exact) mass is 378 g/mol. The Balaban J connectivity index is 2.02. The van der Waals surface area contributed by atoms with Crippen molar-refractivity contribution in [2.45, 2.75) is 43.4 Å². The molecule has 0 radical (unpaired) electrons. The summed E-state index contributed by atoms with van der Waals surface area (Å²) in [6.07, 6.45) is 1.60. The average Bonchev–Trinajstić information content (AvgIpc) is 2.64. The third-order valence-electron chi connectivity index (χ3n) is 5.39. The topological polar surface area (TPSA) is 65.2 Å². The molecular weight excluding hydrogens is 357 g/mol. The first kappa shape index (κ1) is 19.2. The molecule has 3 rings (SSSR count). The number of hydrogen-bond acceptors (Lipinski definition) is 3. The van der Waals surface area contributed by atoms with Crippen LogP contribution in [0.25, 0.3) is 0 Å². The zero-order valence-corrected chi connectivity index (χ0v) is 15.0. The van der Waals surface area contributed by atoms with Crippen molar-refractivity contribution in [3.8, 4) is 5.75 Å². The van der Waals surface area contributed by atoms with Crippen LogP contribution in [0.3, 0.4) is 0 Å². The Kier molecular flexibility index (Phi) is 5.13. The number of rotatable bonds is 5. The minimum Gasteiger partial charge on any atom is -0.497 e. The molecule has 1 aromatic heterocycles. The van der Waals surface area contributed by atoms with Gasteiger partial charge in [-0.15, -0.1) is 0 Å². The summed E-state index contributed by atoms with van der Waals surface area (Å²) in [5, 5.41) is 0. The number of carbonyl (C=O) groups is 1. The van der Waals surface area contributed by atoms with Crippen LogP contribution in [0.5, 0.6) is 5.75 Å². The Morgan fingerprint density at radius 2 is 1.89 bits per heavy atom. The first-order chi connectivity index (χ1) is 12.7. The molecule has 0 spiro atoms. The fraction of sp³-hybridized carbons (Fsp3) is 0.400. The van der Waals surface area contributed by atoms with Crippen molar-refractivity contribution in [1.82, 2.24) is 4.98 Å². The zero-order chi connectivity index (χ0) is 19.7. The molecular formula is C20H21F3N2O2. The first-order valence-corrected chi connectivity index (χ1v) is 8.71. The highest BCUT2D eigenvalue weighted by atomic mass is 19.3. The molecule has 1 saturated carbocycles. The van der Waals surface area contributed by atoms with Crippen molar-refractivity contribution >= 4 is 5.91 Å². The lowest BCUT2D eigenvalue weighted by atomic mass is 9.65. The van der Waals surface area contributed by atoms with Gasteiger partial charge in [0.15, 0.2) is 0 Å². The van der Waals surface area contributed by atoms with Crippen molar-refractivity contribution < 1.29 is 22.7 Å². The fourth-order valence-corrected chi connectivity index (χ4v) is 3.78. The maximum absolute atomic E-state index is 13.8. The Morgan fingerprint density at radius 3 is 2.44 bits per heavy atom. The summed E-state index contributed by atoms with van der Waals surface area (Å²) in [5.74, 6) is -3.47. The molecule has 1 aromatic carbocycles. The number of nitrogens with two attached hydrogens (primary N) is 1. The Hall–Kier alpha value is -2.57. The van der Waals surface area contributed by atoms with Crippen LogP contribution in [0.1, 0.15) is 47.2 Å². The number of ether oxygens (including phenoxy) is 1. The minimum absolute atomic E-state index is 0.206. The molecule has 4 nitrogen and oxygen atoms in total. The molecule has 0 bridgehead atoms. The van der Waals surface area contributed by atoms with Gasteiger partial charge in [0, 0.05) is 30.0 Å². The highest BCUT2D eigenvalue weighted by Gasteiger charge is 2.44. The number of alkyl halides is 2. The van der Waals surface area contributed by atoms with Gasteiger partial charge in [-0.3, -0.25) is 4.79 Å². The molecule has 0 saturated heterocycles. The molecule has 1 aliphatic rings. The number of halogens is 3. The highest BCUT2D eigenvalue weighted by molar-refractivity contribution is 5.94. The van der Waals surface area contributed by atoms with E-state index in [1.165, 1.54) is 19.4 Å². The molecule has 0 aliphatic heterocycles. The largest absolute Gasteiger partial charge is 0.497 e. The molecule has 144 valence electrons. The van der Waals surface area contributed by atoms with Crippen LogP contribution in [0.2, 0.25) is 0 Å². The Labute approximate surface area is 155 Å². The lowest BCUT2D eigenvalue weighted by molar-refractivity contribution is -0.0522. The van der Waals surface area contributed by atoms with Crippen LogP contribution >= 0.6 is 0 Å². The summed E-state index contributed by atoms with van der Waals surface area (Å²) >= 11 is 0. The number of amides is 1. The molecule has 1 aliphatic carbocycles. The van der Waals surface area contributed by atoms with E-state index in [4.69, 9.17) is 10.5 Å². The van der Waals surface area contributed by atoms with Crippen LogP contribution in [0, 0.1) is 5.95 Å². The van der Waals surface area contributed by atoms with E-state index in [2.05, 4.69) is 4.98 Å². The van der Waals surface area contributed by atoms with Crippen LogP contribution in [-0.4, -0.2) is 23.9 Å². The molecule has 1 amide bonds. The third kappa shape index (κ3) is 4.07. The standard InChI is InChI=1S/C20H21F3N2O2/c1-27-15-4-2-13(16(10-15)18(24)26)11-19(6-8-20(22,23)9-7-19)14-3-5-17(21)25-12-14/h2-5,10,12H,6-9,11H2,1H3,(H2,24,26). The van der Waals surface area contributed by atoms with Crippen LogP contribution in [0.15, 0.2) is 36.5 Å². The number of pyridine rings is 1. The number of carbonyl (C=O) groups excluding carboxylic acids is 1. The molecule has 7 heteroatoms. The van der Waals surface area contributed by atoms with Crippen LogP contribution < -0.4 is 10.5 Å². The van der Waals surface area contributed by atoms with E-state index in [1.54, 1.807) is 24.3 Å². The predicted molar refractivity (Wildman–Crippen MR) is 94.5 cm³/mol. The van der Waals surface area contributed by atoms with Gasteiger partial charge in [0.1, 0.15) is 5.75 Å². The molecule has 2 aromatic rings. The summed E-state index contributed by atoms with van der Waals surface area (Å²) in [7, 11) is 1.48. The van der Waals surface area contributed by atoms with Gasteiger partial charge in [-0.1, -0.05) is 12.1 Å². The normalized spacial score (nSPS) is 18.1. The summed E-state index contributed by atoms with van der Waals surface area (Å²) in [6, 6.07) is 7.79. The summed E-state index contributed by atoms with van der Waals surface area (Å²) < 4.78 is 46.0. The first-order valence-electron chi connectivity index (χ1n) is 8.71. The summed E-state index contributed by atoms with van der Waals surface area (Å²) in [5.41, 5.74) is 6.48. The van der Waals surface area contributed by atoms with Gasteiger partial charge in [-0.2, -0.15) is 4.39 Å². The van der Waals surface area contributed by atoms with E-state index in [0.717, 1.165) is 0 Å². The maximum Gasteiger partial charge on any atom is 0.249 e. The van der Waals surface area contributed by atoms with E-state index in [-0.39, 0.29) is 25.7 Å². The molecule has 2 N–H and O–H groups in total. The van der Waals surface area contributed by atoms with Gasteiger partial charge in [-0.05, 0) is 48.6 Å². The SMILES string of the molecule is COc1ccc(CC2(c3ccc(F)nc3)CCC(F)(F)CC2)c(C(N)=O)c1. The number of primary amides is 1. The second-order valence-corrected chi connectivity index (χ2v) is 7.07. The highest BCUT2D eigenvalue weighted by Crippen LogP contribution is 2.47. The average molecular weight is 378 g/mol. The Bertz CT molecular complexity index is 828. The molecule has 1 fully saturated rings. The molecule has 27 heavy (non-hydrogen) atoms. The van der Waals surface area contributed by atoms with Crippen LogP contribution in [0.4, 0.5) is 13.2 Å². The third-order valence-corrected chi connectivity index (χ3v) is 5.39. The van der Waals surface area contributed by atoms with Gasteiger partial charge >= 0.3 is 0 Å². The molecule has 0 atom stereocenters.